The fourth-order valence-corrected chi connectivity index (χ4v) is 4.35. The van der Waals surface area contributed by atoms with Gasteiger partial charge in [0, 0.05) is 38.7 Å². The molecule has 1 saturated heterocycles. The van der Waals surface area contributed by atoms with Gasteiger partial charge in [-0.15, -0.1) is 0 Å². The lowest BCUT2D eigenvalue weighted by Crippen LogP contribution is -2.41. The molecule has 10 heteroatoms. The number of nitro benzene ring substituents is 1. The summed E-state index contributed by atoms with van der Waals surface area (Å²) in [5, 5.41) is 16.6. The average molecular weight is 447 g/mol. The quantitative estimate of drug-likeness (QED) is 0.536. The van der Waals surface area contributed by atoms with E-state index in [1.165, 1.54) is 12.1 Å². The van der Waals surface area contributed by atoms with Gasteiger partial charge >= 0.3 is 0 Å². The van der Waals surface area contributed by atoms with Crippen molar-refractivity contribution in [3.63, 3.8) is 0 Å². The van der Waals surface area contributed by atoms with Crippen molar-refractivity contribution in [2.75, 3.05) is 25.0 Å². The number of nitrogens with zero attached hydrogens (tertiary/aromatic N) is 3. The van der Waals surface area contributed by atoms with Crippen molar-refractivity contribution in [1.82, 2.24) is 4.90 Å². The molecule has 0 aromatic heterocycles. The van der Waals surface area contributed by atoms with E-state index in [4.69, 9.17) is 5.14 Å². The zero-order valence-electron chi connectivity index (χ0n) is 17.5. The molecule has 0 saturated carbocycles. The Morgan fingerprint density at radius 1 is 1.19 bits per heavy atom. The average Bonchev–Trinajstić information content (AvgIpc) is 2.73. The first-order valence-electron chi connectivity index (χ1n) is 9.93. The van der Waals surface area contributed by atoms with Crippen LogP contribution in [0.25, 0.3) is 0 Å². The number of nitro groups is 1. The fraction of sp³-hybridized carbons (Fsp3) is 0.381. The highest BCUT2D eigenvalue weighted by Crippen LogP contribution is 2.33. The van der Waals surface area contributed by atoms with E-state index in [1.807, 2.05) is 36.1 Å². The maximum Gasteiger partial charge on any atom is 0.293 e. The summed E-state index contributed by atoms with van der Waals surface area (Å²) in [5.74, 6) is -0.103. The second kappa shape index (κ2) is 9.03. The fourth-order valence-electron chi connectivity index (χ4n) is 3.82. The molecule has 0 spiro atoms. The molecular weight excluding hydrogens is 420 g/mol. The Morgan fingerprint density at radius 3 is 2.35 bits per heavy atom. The highest BCUT2D eigenvalue weighted by Gasteiger charge is 2.30. The SMILES string of the molecule is Cc1ccc(CN(C)C(=O)C2CCN(c3ccc(S(N)(=O)=O)cc3[N+](=O)[O-])CC2)cc1. The lowest BCUT2D eigenvalue weighted by molar-refractivity contribution is -0.384. The summed E-state index contributed by atoms with van der Waals surface area (Å²) in [6.45, 7) is 3.47. The van der Waals surface area contributed by atoms with Crippen molar-refractivity contribution in [2.24, 2.45) is 11.1 Å². The zero-order chi connectivity index (χ0) is 22.8. The van der Waals surface area contributed by atoms with Gasteiger partial charge in [0.2, 0.25) is 15.9 Å². The molecule has 3 rings (SSSR count). The molecule has 1 fully saturated rings. The van der Waals surface area contributed by atoms with Crippen LogP contribution in [0.15, 0.2) is 47.4 Å². The highest BCUT2D eigenvalue weighted by atomic mass is 32.2. The van der Waals surface area contributed by atoms with Crippen LogP contribution in [-0.2, 0) is 21.4 Å². The number of amides is 1. The Morgan fingerprint density at radius 2 is 1.81 bits per heavy atom. The molecule has 166 valence electrons. The van der Waals surface area contributed by atoms with Gasteiger partial charge in [-0.25, -0.2) is 13.6 Å². The van der Waals surface area contributed by atoms with Crippen molar-refractivity contribution in [3.05, 3.63) is 63.7 Å². The van der Waals surface area contributed by atoms with Gasteiger partial charge in [-0.3, -0.25) is 14.9 Å². The third-order valence-corrected chi connectivity index (χ3v) is 6.48. The van der Waals surface area contributed by atoms with Crippen LogP contribution in [0.3, 0.4) is 0 Å². The number of nitrogens with two attached hydrogens (primary N) is 1. The maximum atomic E-state index is 12.9. The number of hydrogen-bond donors (Lipinski definition) is 1. The van der Waals surface area contributed by atoms with Gasteiger partial charge in [0.1, 0.15) is 5.69 Å². The number of carbonyl (C=O) groups is 1. The Balaban J connectivity index is 1.67. The van der Waals surface area contributed by atoms with E-state index in [9.17, 15) is 23.3 Å². The van der Waals surface area contributed by atoms with Crippen LogP contribution in [0.2, 0.25) is 0 Å². The number of aryl methyl sites for hydroxylation is 1. The minimum atomic E-state index is -4.04. The van der Waals surface area contributed by atoms with Crippen molar-refractivity contribution < 1.29 is 18.1 Å². The number of sulfonamides is 1. The number of carbonyl (C=O) groups excluding carboxylic acids is 1. The van der Waals surface area contributed by atoms with Crippen LogP contribution in [0.1, 0.15) is 24.0 Å². The van der Waals surface area contributed by atoms with Gasteiger partial charge in [-0.2, -0.15) is 0 Å². The summed E-state index contributed by atoms with van der Waals surface area (Å²) in [6.07, 6.45) is 1.12. The van der Waals surface area contributed by atoms with Crippen LogP contribution >= 0.6 is 0 Å². The molecule has 1 aliphatic heterocycles. The third kappa shape index (κ3) is 5.39. The normalized spacial score (nSPS) is 15.0. The van der Waals surface area contributed by atoms with Crippen molar-refractivity contribution in [1.29, 1.82) is 0 Å². The minimum Gasteiger partial charge on any atom is -0.366 e. The van der Waals surface area contributed by atoms with E-state index in [-0.39, 0.29) is 22.4 Å². The number of benzene rings is 2. The molecule has 0 unspecified atom stereocenters. The summed E-state index contributed by atoms with van der Waals surface area (Å²) >= 11 is 0. The molecule has 1 heterocycles. The topological polar surface area (TPSA) is 127 Å². The molecule has 1 aliphatic rings. The Labute approximate surface area is 181 Å². The van der Waals surface area contributed by atoms with Gasteiger partial charge in [0.15, 0.2) is 0 Å². The Kier molecular flexibility index (Phi) is 6.61. The monoisotopic (exact) mass is 446 g/mol. The smallest absolute Gasteiger partial charge is 0.293 e. The lowest BCUT2D eigenvalue weighted by Gasteiger charge is -2.34. The predicted octanol–water partition coefficient (Wildman–Crippen LogP) is 2.43. The standard InChI is InChI=1S/C21H26N4O5S/c1-15-3-5-16(6-4-15)14-23(2)21(26)17-9-11-24(12-10-17)19-8-7-18(31(22,29)30)13-20(19)25(27)28/h3-8,13,17H,9-12,14H2,1-2H3,(H2,22,29,30). The maximum absolute atomic E-state index is 12.9. The zero-order valence-corrected chi connectivity index (χ0v) is 18.3. The van der Waals surface area contributed by atoms with Crippen molar-refractivity contribution in [2.45, 2.75) is 31.2 Å². The summed E-state index contributed by atoms with van der Waals surface area (Å²) in [7, 11) is -2.25. The van der Waals surface area contributed by atoms with Crippen LogP contribution in [0.5, 0.6) is 0 Å². The first-order chi connectivity index (χ1) is 14.6. The first-order valence-corrected chi connectivity index (χ1v) is 11.5. The van der Waals surface area contributed by atoms with Crippen LogP contribution in [0.4, 0.5) is 11.4 Å². The van der Waals surface area contributed by atoms with E-state index in [0.29, 0.717) is 38.2 Å². The van der Waals surface area contributed by atoms with E-state index < -0.39 is 14.9 Å². The van der Waals surface area contributed by atoms with Gasteiger partial charge in [-0.1, -0.05) is 29.8 Å². The van der Waals surface area contributed by atoms with Gasteiger partial charge in [-0.05, 0) is 37.5 Å². The largest absolute Gasteiger partial charge is 0.366 e. The molecule has 9 nitrogen and oxygen atoms in total. The predicted molar refractivity (Wildman–Crippen MR) is 117 cm³/mol. The van der Waals surface area contributed by atoms with E-state index in [1.54, 1.807) is 11.9 Å². The minimum absolute atomic E-state index is 0.0549. The molecule has 0 aliphatic carbocycles. The number of rotatable bonds is 6. The summed E-state index contributed by atoms with van der Waals surface area (Å²) in [6, 6.07) is 11.7. The first kappa shape index (κ1) is 22.7. The van der Waals surface area contributed by atoms with Crippen LogP contribution < -0.4 is 10.0 Å². The summed E-state index contributed by atoms with van der Waals surface area (Å²) in [4.78, 5) is 27.0. The van der Waals surface area contributed by atoms with E-state index in [2.05, 4.69) is 0 Å². The number of piperidine rings is 1. The molecular formula is C21H26N4O5S. The molecule has 0 bridgehead atoms. The van der Waals surface area contributed by atoms with Gasteiger partial charge in [0.05, 0.1) is 9.82 Å². The molecule has 31 heavy (non-hydrogen) atoms. The molecule has 2 N–H and O–H groups in total. The van der Waals surface area contributed by atoms with E-state index >= 15 is 0 Å². The Hall–Kier alpha value is -2.98. The van der Waals surface area contributed by atoms with Gasteiger partial charge in [0.25, 0.3) is 5.69 Å². The number of hydrogen-bond acceptors (Lipinski definition) is 6. The third-order valence-electron chi connectivity index (χ3n) is 5.57. The summed E-state index contributed by atoms with van der Waals surface area (Å²) in [5.41, 5.74) is 2.24. The van der Waals surface area contributed by atoms with Gasteiger partial charge < -0.3 is 9.80 Å². The second-order valence-electron chi connectivity index (χ2n) is 7.89. The number of anilines is 1. The summed E-state index contributed by atoms with van der Waals surface area (Å²) < 4.78 is 23.0. The van der Waals surface area contributed by atoms with E-state index in [0.717, 1.165) is 17.2 Å². The number of primary sulfonamides is 1. The molecule has 1 amide bonds. The lowest BCUT2D eigenvalue weighted by atomic mass is 9.94. The van der Waals surface area contributed by atoms with Crippen LogP contribution in [-0.4, -0.2) is 44.3 Å². The van der Waals surface area contributed by atoms with Crippen molar-refractivity contribution >= 4 is 27.3 Å². The highest BCUT2D eigenvalue weighted by molar-refractivity contribution is 7.89. The molecule has 2 aromatic rings. The molecule has 0 atom stereocenters. The van der Waals surface area contributed by atoms with Crippen molar-refractivity contribution in [3.8, 4) is 0 Å². The second-order valence-corrected chi connectivity index (χ2v) is 9.46. The molecule has 0 radical (unpaired) electrons. The van der Waals surface area contributed by atoms with Crippen LogP contribution in [0, 0.1) is 23.0 Å². The Bertz CT molecular complexity index is 1080. The molecule has 2 aromatic carbocycles.